The number of hydrogen-bond donors (Lipinski definition) is 1. The molecule has 7 heteroatoms. The minimum absolute atomic E-state index is 0.0745. The summed E-state index contributed by atoms with van der Waals surface area (Å²) in [7, 11) is 0. The van der Waals surface area contributed by atoms with Crippen molar-refractivity contribution in [3.63, 3.8) is 0 Å². The summed E-state index contributed by atoms with van der Waals surface area (Å²) in [5.74, 6) is -2.16. The number of benzene rings is 2. The van der Waals surface area contributed by atoms with Gasteiger partial charge in [0.05, 0.1) is 16.9 Å². The van der Waals surface area contributed by atoms with Crippen molar-refractivity contribution in [3.8, 4) is 0 Å². The Hall–Kier alpha value is -3.22. The molecule has 0 aromatic heterocycles. The topological polar surface area (TPSA) is 101 Å². The zero-order chi connectivity index (χ0) is 18.0. The number of carboxylic acids is 1. The smallest absolute Gasteiger partial charge is 0.309 e. The molecule has 1 saturated heterocycles. The van der Waals surface area contributed by atoms with Crippen LogP contribution in [-0.2, 0) is 16.1 Å². The molecule has 0 bridgehead atoms. The van der Waals surface area contributed by atoms with Crippen LogP contribution in [0.15, 0.2) is 54.6 Å². The fourth-order valence-electron chi connectivity index (χ4n) is 3.18. The van der Waals surface area contributed by atoms with Crippen molar-refractivity contribution in [2.24, 2.45) is 5.92 Å². The third kappa shape index (κ3) is 3.35. The minimum Gasteiger partial charge on any atom is -0.481 e. The number of likely N-dealkylation sites (tertiary alicyclic amines) is 1. The molecular formula is C18H16N2O5. The van der Waals surface area contributed by atoms with Crippen LogP contribution in [0.4, 0.5) is 5.69 Å². The van der Waals surface area contributed by atoms with Crippen LogP contribution in [0.1, 0.15) is 23.6 Å². The van der Waals surface area contributed by atoms with E-state index in [1.807, 2.05) is 30.3 Å². The molecule has 7 nitrogen and oxygen atoms in total. The van der Waals surface area contributed by atoms with Gasteiger partial charge >= 0.3 is 5.97 Å². The molecular weight excluding hydrogens is 324 g/mol. The van der Waals surface area contributed by atoms with Crippen LogP contribution in [0.3, 0.4) is 0 Å². The monoisotopic (exact) mass is 340 g/mol. The molecule has 1 aliphatic rings. The van der Waals surface area contributed by atoms with E-state index in [9.17, 15) is 24.8 Å². The number of non-ortho nitro benzene ring substituents is 1. The average Bonchev–Trinajstić information content (AvgIpc) is 2.93. The predicted molar refractivity (Wildman–Crippen MR) is 88.6 cm³/mol. The summed E-state index contributed by atoms with van der Waals surface area (Å²) in [6.45, 7) is 0.297. The second kappa shape index (κ2) is 6.72. The Bertz CT molecular complexity index is 804. The second-order valence-electron chi connectivity index (χ2n) is 5.95. The summed E-state index contributed by atoms with van der Waals surface area (Å²) in [6, 6.07) is 14.4. The van der Waals surface area contributed by atoms with Gasteiger partial charge in [-0.2, -0.15) is 0 Å². The van der Waals surface area contributed by atoms with Crippen molar-refractivity contribution in [1.82, 2.24) is 4.90 Å². The average molecular weight is 340 g/mol. The summed E-state index contributed by atoms with van der Waals surface area (Å²) in [5, 5.41) is 20.3. The number of carbonyl (C=O) groups excluding carboxylic acids is 1. The lowest BCUT2D eigenvalue weighted by atomic mass is 9.93. The van der Waals surface area contributed by atoms with E-state index in [0.717, 1.165) is 5.56 Å². The molecule has 128 valence electrons. The van der Waals surface area contributed by atoms with Gasteiger partial charge in [-0.1, -0.05) is 42.5 Å². The lowest BCUT2D eigenvalue weighted by Gasteiger charge is -2.27. The van der Waals surface area contributed by atoms with Crippen molar-refractivity contribution in [1.29, 1.82) is 0 Å². The molecule has 0 aliphatic carbocycles. The molecule has 2 atom stereocenters. The van der Waals surface area contributed by atoms with Gasteiger partial charge in [-0.15, -0.1) is 0 Å². The summed E-state index contributed by atoms with van der Waals surface area (Å²) < 4.78 is 0. The Balaban J connectivity index is 1.95. The largest absolute Gasteiger partial charge is 0.481 e. The molecule has 0 radical (unpaired) electrons. The summed E-state index contributed by atoms with van der Waals surface area (Å²) in [4.78, 5) is 35.9. The van der Waals surface area contributed by atoms with E-state index >= 15 is 0 Å². The Kier molecular flexibility index (Phi) is 4.47. The number of nitro groups is 1. The number of rotatable bonds is 5. The maximum absolute atomic E-state index is 12.4. The number of hydrogen-bond acceptors (Lipinski definition) is 4. The molecule has 1 amide bonds. The Labute approximate surface area is 143 Å². The molecule has 2 aromatic carbocycles. The minimum atomic E-state index is -1.05. The van der Waals surface area contributed by atoms with Crippen LogP contribution in [0.2, 0.25) is 0 Å². The highest BCUT2D eigenvalue weighted by atomic mass is 16.6. The fourth-order valence-corrected chi connectivity index (χ4v) is 3.18. The van der Waals surface area contributed by atoms with E-state index in [0.29, 0.717) is 12.1 Å². The number of nitro benzene ring substituents is 1. The van der Waals surface area contributed by atoms with E-state index in [1.54, 1.807) is 0 Å². The first-order chi connectivity index (χ1) is 12.0. The van der Waals surface area contributed by atoms with Gasteiger partial charge in [0, 0.05) is 25.1 Å². The van der Waals surface area contributed by atoms with Crippen LogP contribution in [0, 0.1) is 16.0 Å². The maximum atomic E-state index is 12.4. The normalized spacial score (nSPS) is 19.8. The highest BCUT2D eigenvalue weighted by Gasteiger charge is 2.44. The Morgan fingerprint density at radius 1 is 1.16 bits per heavy atom. The van der Waals surface area contributed by atoms with Gasteiger partial charge in [-0.05, 0) is 11.1 Å². The first-order valence-corrected chi connectivity index (χ1v) is 7.78. The number of carboxylic acid groups (broad SMARTS) is 1. The SMILES string of the molecule is O=C(O)[C@@H]1CC(=O)N(Cc2ccccc2)[C@H]1c1ccc([N+](=O)[O-])cc1. The zero-order valence-electron chi connectivity index (χ0n) is 13.2. The number of aliphatic carboxylic acids is 1. The van der Waals surface area contributed by atoms with E-state index in [-0.39, 0.29) is 18.0 Å². The molecule has 2 aromatic rings. The molecule has 3 rings (SSSR count). The van der Waals surface area contributed by atoms with E-state index < -0.39 is 22.9 Å². The Morgan fingerprint density at radius 2 is 1.80 bits per heavy atom. The fraction of sp³-hybridized carbons (Fsp3) is 0.222. The van der Waals surface area contributed by atoms with E-state index in [2.05, 4.69) is 0 Å². The number of nitrogens with zero attached hydrogens (tertiary/aromatic N) is 2. The van der Waals surface area contributed by atoms with Crippen LogP contribution in [0.5, 0.6) is 0 Å². The van der Waals surface area contributed by atoms with Gasteiger partial charge in [-0.3, -0.25) is 19.7 Å². The quantitative estimate of drug-likeness (QED) is 0.666. The van der Waals surface area contributed by atoms with Crippen molar-refractivity contribution in [2.45, 2.75) is 19.0 Å². The summed E-state index contributed by atoms with van der Waals surface area (Å²) in [5.41, 5.74) is 1.41. The summed E-state index contributed by atoms with van der Waals surface area (Å²) >= 11 is 0. The van der Waals surface area contributed by atoms with Crippen LogP contribution in [-0.4, -0.2) is 26.8 Å². The lowest BCUT2D eigenvalue weighted by Crippen LogP contribution is -2.30. The summed E-state index contributed by atoms with van der Waals surface area (Å²) in [6.07, 6.45) is -0.0795. The van der Waals surface area contributed by atoms with Crippen molar-refractivity contribution < 1.29 is 19.6 Å². The molecule has 25 heavy (non-hydrogen) atoms. The molecule has 1 N–H and O–H groups in total. The number of amides is 1. The van der Waals surface area contributed by atoms with Gasteiger partial charge < -0.3 is 10.0 Å². The molecule has 0 spiro atoms. The van der Waals surface area contributed by atoms with E-state index in [1.165, 1.54) is 29.2 Å². The first kappa shape index (κ1) is 16.6. The molecule has 0 saturated carbocycles. The van der Waals surface area contributed by atoms with Crippen LogP contribution in [0.25, 0.3) is 0 Å². The van der Waals surface area contributed by atoms with Crippen molar-refractivity contribution >= 4 is 17.6 Å². The van der Waals surface area contributed by atoms with Crippen molar-refractivity contribution in [2.75, 3.05) is 0 Å². The molecule has 1 fully saturated rings. The lowest BCUT2D eigenvalue weighted by molar-refractivity contribution is -0.384. The maximum Gasteiger partial charge on any atom is 0.309 e. The van der Waals surface area contributed by atoms with Gasteiger partial charge in [0.2, 0.25) is 5.91 Å². The van der Waals surface area contributed by atoms with Gasteiger partial charge in [-0.25, -0.2) is 0 Å². The van der Waals surface area contributed by atoms with Crippen molar-refractivity contribution in [3.05, 3.63) is 75.8 Å². The number of carbonyl (C=O) groups is 2. The molecule has 0 unspecified atom stereocenters. The molecule has 1 heterocycles. The first-order valence-electron chi connectivity index (χ1n) is 7.78. The highest BCUT2D eigenvalue weighted by molar-refractivity contribution is 5.87. The zero-order valence-corrected chi connectivity index (χ0v) is 13.2. The Morgan fingerprint density at radius 3 is 2.36 bits per heavy atom. The van der Waals surface area contributed by atoms with Crippen LogP contribution >= 0.6 is 0 Å². The third-order valence-electron chi connectivity index (χ3n) is 4.39. The predicted octanol–water partition coefficient (Wildman–Crippen LogP) is 2.77. The molecule has 1 aliphatic heterocycles. The van der Waals surface area contributed by atoms with E-state index in [4.69, 9.17) is 0 Å². The van der Waals surface area contributed by atoms with Gasteiger partial charge in [0.15, 0.2) is 0 Å². The second-order valence-corrected chi connectivity index (χ2v) is 5.95. The van der Waals surface area contributed by atoms with Gasteiger partial charge in [0.1, 0.15) is 0 Å². The van der Waals surface area contributed by atoms with Crippen LogP contribution < -0.4 is 0 Å². The third-order valence-corrected chi connectivity index (χ3v) is 4.39. The van der Waals surface area contributed by atoms with Gasteiger partial charge in [0.25, 0.3) is 5.69 Å². The highest BCUT2D eigenvalue weighted by Crippen LogP contribution is 2.39. The standard InChI is InChI=1S/C18H16N2O5/c21-16-10-15(18(22)23)17(13-6-8-14(9-7-13)20(24)25)19(16)11-12-4-2-1-3-5-12/h1-9,15,17H,10-11H2,(H,22,23)/t15-,17+/m1/s1.